The van der Waals surface area contributed by atoms with E-state index < -0.39 is 0 Å². The van der Waals surface area contributed by atoms with Crippen molar-refractivity contribution in [1.82, 2.24) is 4.57 Å². The van der Waals surface area contributed by atoms with Crippen LogP contribution >= 0.6 is 0 Å². The molecule has 0 atom stereocenters. The highest BCUT2D eigenvalue weighted by Gasteiger charge is 2.13. The summed E-state index contributed by atoms with van der Waals surface area (Å²) in [6, 6.07) is 14.3. The van der Waals surface area contributed by atoms with Crippen molar-refractivity contribution in [3.05, 3.63) is 77.7 Å². The van der Waals surface area contributed by atoms with Gasteiger partial charge < -0.3 is 24.7 Å². The Bertz CT molecular complexity index is 1130. The van der Waals surface area contributed by atoms with Crippen molar-refractivity contribution in [3.8, 4) is 28.4 Å². The van der Waals surface area contributed by atoms with Crippen molar-refractivity contribution in [2.75, 3.05) is 24.8 Å². The Morgan fingerprint density at radius 2 is 1.80 bits per heavy atom. The van der Waals surface area contributed by atoms with Gasteiger partial charge >= 0.3 is 0 Å². The van der Waals surface area contributed by atoms with Crippen LogP contribution in [-0.4, -0.2) is 24.6 Å². The predicted octanol–water partition coefficient (Wildman–Crippen LogP) is 4.02. The minimum atomic E-state index is -0.318. The van der Waals surface area contributed by atoms with E-state index in [9.17, 15) is 9.59 Å². The van der Waals surface area contributed by atoms with Gasteiger partial charge in [-0.1, -0.05) is 6.58 Å². The number of amides is 1. The van der Waals surface area contributed by atoms with Gasteiger partial charge in [0.05, 0.1) is 7.11 Å². The number of carbonyl (C=O) groups excluding carboxylic acids is 1. The van der Waals surface area contributed by atoms with Crippen LogP contribution in [0.3, 0.4) is 0 Å². The zero-order valence-corrected chi connectivity index (χ0v) is 17.1. The Kier molecular flexibility index (Phi) is 6.22. The Balaban J connectivity index is 2.09. The van der Waals surface area contributed by atoms with Gasteiger partial charge in [-0.05, 0) is 54.6 Å². The van der Waals surface area contributed by atoms with Gasteiger partial charge in [0.1, 0.15) is 22.9 Å². The monoisotopic (exact) mass is 405 g/mol. The van der Waals surface area contributed by atoms with Crippen molar-refractivity contribution in [2.24, 2.45) is 7.05 Å². The highest BCUT2D eigenvalue weighted by molar-refractivity contribution is 5.99. The normalized spacial score (nSPS) is 10.2. The van der Waals surface area contributed by atoms with Gasteiger partial charge in [0.25, 0.3) is 5.56 Å². The van der Waals surface area contributed by atoms with E-state index in [2.05, 4.69) is 17.2 Å². The predicted molar refractivity (Wildman–Crippen MR) is 119 cm³/mol. The average Bonchev–Trinajstić information content (AvgIpc) is 2.77. The summed E-state index contributed by atoms with van der Waals surface area (Å²) in [6.07, 6.45) is 2.92. The number of ether oxygens (including phenoxy) is 2. The van der Waals surface area contributed by atoms with Gasteiger partial charge in [-0.25, -0.2) is 0 Å². The lowest BCUT2D eigenvalue weighted by Crippen LogP contribution is -2.19. The fraction of sp³-hybridized carbons (Fsp3) is 0.130. The van der Waals surface area contributed by atoms with Crippen molar-refractivity contribution >= 4 is 17.3 Å². The summed E-state index contributed by atoms with van der Waals surface area (Å²) in [5.41, 5.74) is 2.34. The van der Waals surface area contributed by atoms with Crippen LogP contribution in [0.25, 0.3) is 11.1 Å². The number of benzene rings is 2. The topological polar surface area (TPSA) is 81.6 Å². The van der Waals surface area contributed by atoms with Crippen LogP contribution in [0.15, 0.2) is 72.2 Å². The average molecular weight is 405 g/mol. The number of nitrogens with zero attached hydrogens (tertiary/aromatic N) is 1. The third kappa shape index (κ3) is 4.52. The molecule has 2 aromatic carbocycles. The molecule has 0 spiro atoms. The molecule has 0 aliphatic rings. The second-order valence-corrected chi connectivity index (χ2v) is 6.49. The summed E-state index contributed by atoms with van der Waals surface area (Å²) in [7, 11) is 4.97. The number of aryl methyl sites for hydroxylation is 1. The first-order valence-corrected chi connectivity index (χ1v) is 9.23. The van der Waals surface area contributed by atoms with E-state index in [-0.39, 0.29) is 11.5 Å². The number of rotatable bonds is 7. The Hall–Kier alpha value is -4.00. The summed E-state index contributed by atoms with van der Waals surface area (Å²) in [6.45, 7) is 3.48. The second-order valence-electron chi connectivity index (χ2n) is 6.49. The number of aromatic nitrogens is 1. The molecule has 7 heteroatoms. The van der Waals surface area contributed by atoms with Gasteiger partial charge in [0.15, 0.2) is 0 Å². The molecule has 154 valence electrons. The third-order valence-corrected chi connectivity index (χ3v) is 4.48. The molecule has 1 amide bonds. The molecule has 3 rings (SSSR count). The summed E-state index contributed by atoms with van der Waals surface area (Å²) in [5.74, 6) is 1.60. The molecule has 0 saturated carbocycles. The summed E-state index contributed by atoms with van der Waals surface area (Å²) in [4.78, 5) is 24.0. The number of methoxy groups -OCH3 is 1. The SMILES string of the molecule is C=CC(=O)Nc1ccc(Oc2ccc(OC)cc2)c(-c2cc(NC)c(=O)n(C)c2)c1. The molecule has 3 aromatic rings. The molecule has 7 nitrogen and oxygen atoms in total. The molecule has 0 aliphatic carbocycles. The lowest BCUT2D eigenvalue weighted by atomic mass is 10.0. The van der Waals surface area contributed by atoms with Crippen LogP contribution in [-0.2, 0) is 11.8 Å². The second kappa shape index (κ2) is 9.00. The molecule has 2 N–H and O–H groups in total. The lowest BCUT2D eigenvalue weighted by molar-refractivity contribution is -0.111. The molecule has 0 bridgehead atoms. The summed E-state index contributed by atoms with van der Waals surface area (Å²) >= 11 is 0. The maximum absolute atomic E-state index is 12.3. The molecule has 0 unspecified atom stereocenters. The van der Waals surface area contributed by atoms with E-state index in [1.165, 1.54) is 10.6 Å². The maximum Gasteiger partial charge on any atom is 0.273 e. The molecule has 1 heterocycles. The van der Waals surface area contributed by atoms with Crippen molar-refractivity contribution in [1.29, 1.82) is 0 Å². The largest absolute Gasteiger partial charge is 0.497 e. The number of anilines is 2. The first-order chi connectivity index (χ1) is 14.4. The van der Waals surface area contributed by atoms with Crippen LogP contribution in [0.2, 0.25) is 0 Å². The fourth-order valence-electron chi connectivity index (χ4n) is 2.92. The standard InChI is InChI=1S/C23H23N3O4/c1-5-22(27)25-16-6-11-21(30-18-9-7-17(29-4)8-10-18)19(13-16)15-12-20(24-2)23(28)26(3)14-15/h5-14,24H,1H2,2-4H3,(H,25,27). The van der Waals surface area contributed by atoms with E-state index in [1.54, 1.807) is 75.9 Å². The van der Waals surface area contributed by atoms with Crippen molar-refractivity contribution in [3.63, 3.8) is 0 Å². The fourth-order valence-corrected chi connectivity index (χ4v) is 2.92. The number of hydrogen-bond donors (Lipinski definition) is 2. The zero-order chi connectivity index (χ0) is 21.7. The Morgan fingerprint density at radius 3 is 2.43 bits per heavy atom. The maximum atomic E-state index is 12.3. The van der Waals surface area contributed by atoms with Crippen LogP contribution in [0, 0.1) is 0 Å². The molecule has 0 saturated heterocycles. The molecule has 0 aliphatic heterocycles. The minimum absolute atomic E-state index is 0.144. The highest BCUT2D eigenvalue weighted by Crippen LogP contribution is 2.36. The Morgan fingerprint density at radius 1 is 1.10 bits per heavy atom. The summed E-state index contributed by atoms with van der Waals surface area (Å²) in [5, 5.41) is 5.66. The van der Waals surface area contributed by atoms with Crippen molar-refractivity contribution in [2.45, 2.75) is 0 Å². The van der Waals surface area contributed by atoms with E-state index in [0.29, 0.717) is 28.4 Å². The molecular weight excluding hydrogens is 382 g/mol. The number of hydrogen-bond acceptors (Lipinski definition) is 5. The minimum Gasteiger partial charge on any atom is -0.497 e. The lowest BCUT2D eigenvalue weighted by Gasteiger charge is -2.15. The third-order valence-electron chi connectivity index (χ3n) is 4.48. The molecule has 0 fully saturated rings. The smallest absolute Gasteiger partial charge is 0.273 e. The van der Waals surface area contributed by atoms with Gasteiger partial charge in [0, 0.05) is 37.1 Å². The zero-order valence-electron chi connectivity index (χ0n) is 17.1. The molecular formula is C23H23N3O4. The van der Waals surface area contributed by atoms with Gasteiger partial charge in [-0.3, -0.25) is 9.59 Å². The summed E-state index contributed by atoms with van der Waals surface area (Å²) < 4.78 is 12.8. The van der Waals surface area contributed by atoms with E-state index in [1.807, 2.05) is 0 Å². The van der Waals surface area contributed by atoms with Crippen LogP contribution in [0.1, 0.15) is 0 Å². The van der Waals surface area contributed by atoms with Gasteiger partial charge in [-0.15, -0.1) is 0 Å². The van der Waals surface area contributed by atoms with E-state index in [0.717, 1.165) is 11.3 Å². The van der Waals surface area contributed by atoms with Gasteiger partial charge in [0.2, 0.25) is 5.91 Å². The van der Waals surface area contributed by atoms with Gasteiger partial charge in [-0.2, -0.15) is 0 Å². The van der Waals surface area contributed by atoms with E-state index >= 15 is 0 Å². The molecule has 1 aromatic heterocycles. The van der Waals surface area contributed by atoms with Crippen LogP contribution < -0.4 is 25.7 Å². The first kappa shape index (κ1) is 20.7. The number of carbonyl (C=O) groups is 1. The Labute approximate surface area is 174 Å². The molecule has 0 radical (unpaired) electrons. The van der Waals surface area contributed by atoms with Crippen molar-refractivity contribution < 1.29 is 14.3 Å². The highest BCUT2D eigenvalue weighted by atomic mass is 16.5. The van der Waals surface area contributed by atoms with E-state index in [4.69, 9.17) is 9.47 Å². The quantitative estimate of drug-likeness (QED) is 0.580. The number of nitrogens with one attached hydrogen (secondary N) is 2. The van der Waals surface area contributed by atoms with Crippen LogP contribution in [0.4, 0.5) is 11.4 Å². The number of pyridine rings is 1. The van der Waals surface area contributed by atoms with Crippen LogP contribution in [0.5, 0.6) is 17.2 Å². The first-order valence-electron chi connectivity index (χ1n) is 9.23. The molecule has 30 heavy (non-hydrogen) atoms.